The Labute approximate surface area is 109 Å². The van der Waals surface area contributed by atoms with Crippen molar-refractivity contribution < 1.29 is 0 Å². The van der Waals surface area contributed by atoms with Crippen molar-refractivity contribution >= 4 is 10.9 Å². The van der Waals surface area contributed by atoms with Gasteiger partial charge in [0.1, 0.15) is 6.33 Å². The van der Waals surface area contributed by atoms with Crippen molar-refractivity contribution in [3.63, 3.8) is 0 Å². The fraction of sp³-hybridized carbons (Fsp3) is 0.500. The van der Waals surface area contributed by atoms with Gasteiger partial charge in [-0.3, -0.25) is 0 Å². The van der Waals surface area contributed by atoms with Gasteiger partial charge in [0.2, 0.25) is 0 Å². The smallest absolute Gasteiger partial charge is 0.116 e. The first-order valence-corrected chi connectivity index (χ1v) is 6.45. The van der Waals surface area contributed by atoms with Gasteiger partial charge in [0.25, 0.3) is 0 Å². The van der Waals surface area contributed by atoms with E-state index in [0.29, 0.717) is 0 Å². The van der Waals surface area contributed by atoms with Crippen molar-refractivity contribution in [3.05, 3.63) is 35.8 Å². The van der Waals surface area contributed by atoms with E-state index in [9.17, 15) is 0 Å². The molecule has 0 saturated heterocycles. The van der Waals surface area contributed by atoms with Gasteiger partial charge in [0.05, 0.1) is 5.52 Å². The van der Waals surface area contributed by atoms with Gasteiger partial charge in [0.15, 0.2) is 0 Å². The summed E-state index contributed by atoms with van der Waals surface area (Å²) in [4.78, 5) is 8.57. The van der Waals surface area contributed by atoms with E-state index in [2.05, 4.69) is 63.6 Å². The third-order valence-corrected chi connectivity index (χ3v) is 3.25. The molecule has 0 radical (unpaired) electrons. The summed E-state index contributed by atoms with van der Waals surface area (Å²) in [5.41, 5.74) is 4.01. The minimum atomic E-state index is 0.0901. The summed E-state index contributed by atoms with van der Waals surface area (Å²) in [6.45, 7) is 13.5. The van der Waals surface area contributed by atoms with Gasteiger partial charge in [-0.2, -0.15) is 0 Å². The number of nitrogens with zero attached hydrogens (tertiary/aromatic N) is 2. The molecule has 0 saturated carbocycles. The van der Waals surface area contributed by atoms with E-state index in [1.807, 2.05) is 6.20 Å². The Kier molecular flexibility index (Phi) is 2.92. The number of hydrogen-bond acceptors (Lipinski definition) is 2. The van der Waals surface area contributed by atoms with Gasteiger partial charge in [-0.1, -0.05) is 47.6 Å². The first-order chi connectivity index (χ1) is 8.21. The molecule has 2 nitrogen and oxygen atoms in total. The monoisotopic (exact) mass is 242 g/mol. The molecule has 0 aliphatic heterocycles. The Morgan fingerprint density at radius 2 is 1.56 bits per heavy atom. The molecule has 0 amide bonds. The van der Waals surface area contributed by atoms with Gasteiger partial charge in [-0.25, -0.2) is 9.97 Å². The van der Waals surface area contributed by atoms with Crippen molar-refractivity contribution in [2.75, 3.05) is 0 Å². The van der Waals surface area contributed by atoms with Crippen LogP contribution < -0.4 is 0 Å². The van der Waals surface area contributed by atoms with Gasteiger partial charge >= 0.3 is 0 Å². The predicted molar refractivity (Wildman–Crippen MR) is 76.9 cm³/mol. The Bertz CT molecular complexity index is 572. The zero-order valence-corrected chi connectivity index (χ0v) is 12.2. The molecular formula is C16H22N2. The molecule has 0 N–H and O–H groups in total. The van der Waals surface area contributed by atoms with Crippen LogP contribution in [0.3, 0.4) is 0 Å². The van der Waals surface area contributed by atoms with E-state index in [0.717, 1.165) is 5.52 Å². The van der Waals surface area contributed by atoms with Crippen LogP contribution in [0, 0.1) is 0 Å². The highest BCUT2D eigenvalue weighted by molar-refractivity contribution is 5.84. The van der Waals surface area contributed by atoms with E-state index in [1.165, 1.54) is 16.5 Å². The Hall–Kier alpha value is -1.44. The SMILES string of the molecule is CC(C)(C)c1ccc2ncncc2c1C(C)(C)C. The standard InChI is InChI=1S/C16H22N2/c1-15(2,3)12-7-8-13-11(9-17-10-18-13)14(12)16(4,5)6/h7-10H,1-6H3. The highest BCUT2D eigenvalue weighted by Crippen LogP contribution is 2.37. The summed E-state index contributed by atoms with van der Waals surface area (Å²) in [7, 11) is 0. The van der Waals surface area contributed by atoms with Gasteiger partial charge < -0.3 is 0 Å². The van der Waals surface area contributed by atoms with Crippen LogP contribution in [-0.4, -0.2) is 9.97 Å². The van der Waals surface area contributed by atoms with Gasteiger partial charge in [0, 0.05) is 11.6 Å². The molecule has 0 aliphatic rings. The van der Waals surface area contributed by atoms with Crippen LogP contribution in [0.2, 0.25) is 0 Å². The van der Waals surface area contributed by atoms with Crippen molar-refractivity contribution in [3.8, 4) is 0 Å². The Morgan fingerprint density at radius 1 is 0.889 bits per heavy atom. The van der Waals surface area contributed by atoms with Crippen molar-refractivity contribution in [1.29, 1.82) is 0 Å². The Morgan fingerprint density at radius 3 is 2.11 bits per heavy atom. The second-order valence-corrected chi connectivity index (χ2v) is 6.94. The summed E-state index contributed by atoms with van der Waals surface area (Å²) in [5, 5.41) is 1.18. The normalized spacial score (nSPS) is 13.0. The number of rotatable bonds is 0. The molecule has 2 aromatic rings. The van der Waals surface area contributed by atoms with Gasteiger partial charge in [-0.15, -0.1) is 0 Å². The maximum atomic E-state index is 4.37. The van der Waals surface area contributed by atoms with E-state index >= 15 is 0 Å². The molecule has 0 fully saturated rings. The summed E-state index contributed by atoms with van der Waals surface area (Å²) in [6.07, 6.45) is 3.56. The summed E-state index contributed by atoms with van der Waals surface area (Å²) >= 11 is 0. The fourth-order valence-electron chi connectivity index (χ4n) is 2.49. The molecule has 2 heteroatoms. The third-order valence-electron chi connectivity index (χ3n) is 3.25. The first-order valence-electron chi connectivity index (χ1n) is 6.45. The lowest BCUT2D eigenvalue weighted by Crippen LogP contribution is -2.22. The highest BCUT2D eigenvalue weighted by Gasteiger charge is 2.27. The summed E-state index contributed by atoms with van der Waals surface area (Å²) < 4.78 is 0. The first kappa shape index (κ1) is 13.0. The molecule has 2 rings (SSSR count). The van der Waals surface area contributed by atoms with E-state index in [4.69, 9.17) is 0 Å². The molecule has 1 aromatic heterocycles. The van der Waals surface area contributed by atoms with Crippen LogP contribution in [0.15, 0.2) is 24.7 Å². The summed E-state index contributed by atoms with van der Waals surface area (Å²) in [6, 6.07) is 4.32. The minimum absolute atomic E-state index is 0.0901. The quantitative estimate of drug-likeness (QED) is 0.691. The van der Waals surface area contributed by atoms with E-state index in [1.54, 1.807) is 6.33 Å². The average molecular weight is 242 g/mol. The molecular weight excluding hydrogens is 220 g/mol. The lowest BCUT2D eigenvalue weighted by molar-refractivity contribution is 0.534. The predicted octanol–water partition coefficient (Wildman–Crippen LogP) is 4.22. The third kappa shape index (κ3) is 2.24. The largest absolute Gasteiger partial charge is 0.244 e. The number of benzene rings is 1. The van der Waals surface area contributed by atoms with Gasteiger partial charge in [-0.05, 0) is 28.0 Å². The van der Waals surface area contributed by atoms with Crippen molar-refractivity contribution in [1.82, 2.24) is 9.97 Å². The zero-order valence-electron chi connectivity index (χ0n) is 12.2. The molecule has 0 spiro atoms. The Balaban J connectivity index is 2.89. The molecule has 1 aromatic carbocycles. The van der Waals surface area contributed by atoms with E-state index in [-0.39, 0.29) is 10.8 Å². The average Bonchev–Trinajstić information content (AvgIpc) is 2.24. The second-order valence-electron chi connectivity index (χ2n) is 6.94. The second kappa shape index (κ2) is 4.04. The lowest BCUT2D eigenvalue weighted by Gasteiger charge is -2.31. The number of fused-ring (bicyclic) bond motifs is 1. The van der Waals surface area contributed by atoms with E-state index < -0.39 is 0 Å². The maximum Gasteiger partial charge on any atom is 0.116 e. The topological polar surface area (TPSA) is 25.8 Å². The number of hydrogen-bond donors (Lipinski definition) is 0. The minimum Gasteiger partial charge on any atom is -0.244 e. The molecule has 1 heterocycles. The van der Waals surface area contributed by atoms with Crippen LogP contribution >= 0.6 is 0 Å². The lowest BCUT2D eigenvalue weighted by atomic mass is 9.74. The zero-order chi connectivity index (χ0) is 13.6. The van der Waals surface area contributed by atoms with Crippen LogP contribution in [0.5, 0.6) is 0 Å². The number of aromatic nitrogens is 2. The maximum absolute atomic E-state index is 4.37. The molecule has 0 aliphatic carbocycles. The molecule has 96 valence electrons. The van der Waals surface area contributed by atoms with Crippen LogP contribution in [0.25, 0.3) is 10.9 Å². The fourth-order valence-corrected chi connectivity index (χ4v) is 2.49. The summed E-state index contributed by atoms with van der Waals surface area (Å²) in [5.74, 6) is 0. The van der Waals surface area contributed by atoms with Crippen molar-refractivity contribution in [2.45, 2.75) is 52.4 Å². The molecule has 0 bridgehead atoms. The van der Waals surface area contributed by atoms with Crippen molar-refractivity contribution in [2.24, 2.45) is 0 Å². The van der Waals surface area contributed by atoms with Crippen LogP contribution in [0.4, 0.5) is 0 Å². The molecule has 0 unspecified atom stereocenters. The highest BCUT2D eigenvalue weighted by atomic mass is 14.8. The molecule has 18 heavy (non-hydrogen) atoms. The van der Waals surface area contributed by atoms with Crippen LogP contribution in [-0.2, 0) is 10.8 Å². The van der Waals surface area contributed by atoms with Crippen LogP contribution in [0.1, 0.15) is 52.7 Å². The molecule has 0 atom stereocenters.